The number of methoxy groups -OCH3 is 1. The lowest BCUT2D eigenvalue weighted by molar-refractivity contribution is -0.383. The van der Waals surface area contributed by atoms with Crippen molar-refractivity contribution in [2.45, 2.75) is 17.0 Å². The van der Waals surface area contributed by atoms with Gasteiger partial charge in [-0.15, -0.1) is 0 Å². The Balaban J connectivity index is 1.34. The van der Waals surface area contributed by atoms with E-state index in [2.05, 4.69) is 20.5 Å². The molecule has 3 aromatic heterocycles. The van der Waals surface area contributed by atoms with Crippen molar-refractivity contribution in [2.75, 3.05) is 43.6 Å². The number of hydrogen-bond donors (Lipinski definition) is 2. The van der Waals surface area contributed by atoms with Gasteiger partial charge in [-0.05, 0) is 43.0 Å². The predicted molar refractivity (Wildman–Crippen MR) is 151 cm³/mol. The van der Waals surface area contributed by atoms with E-state index in [0.717, 1.165) is 17.5 Å². The second kappa shape index (κ2) is 11.1. The number of morpholine rings is 1. The third kappa shape index (κ3) is 5.38. The summed E-state index contributed by atoms with van der Waals surface area (Å²) in [7, 11) is 1.54. The quantitative estimate of drug-likeness (QED) is 0.133. The predicted octanol–water partition coefficient (Wildman–Crippen LogP) is 5.71. The number of H-pyrrole nitrogens is 1. The molecule has 1 fully saturated rings. The van der Waals surface area contributed by atoms with Crippen molar-refractivity contribution in [3.8, 4) is 17.1 Å². The number of nitro benzene ring substituents is 1. The van der Waals surface area contributed by atoms with Gasteiger partial charge in [0, 0.05) is 41.9 Å². The van der Waals surface area contributed by atoms with Crippen LogP contribution in [0, 0.1) is 22.9 Å². The highest BCUT2D eigenvalue weighted by molar-refractivity contribution is 7.99. The summed E-state index contributed by atoms with van der Waals surface area (Å²) in [6.07, 6.45) is 0. The number of anilines is 3. The normalized spacial score (nSPS) is 13.5. The van der Waals surface area contributed by atoms with E-state index in [-0.39, 0.29) is 16.2 Å². The minimum Gasteiger partial charge on any atom is -0.490 e. The second-order valence-corrected chi connectivity index (χ2v) is 10.2. The molecule has 0 saturated carbocycles. The number of aromatic amines is 1. The Morgan fingerprint density at radius 3 is 2.71 bits per heavy atom. The largest absolute Gasteiger partial charge is 0.490 e. The molecule has 1 aliphatic rings. The molecule has 4 heterocycles. The van der Waals surface area contributed by atoms with Gasteiger partial charge in [-0.3, -0.25) is 15.2 Å². The van der Waals surface area contributed by atoms with Crippen molar-refractivity contribution < 1.29 is 23.2 Å². The number of aromatic nitrogens is 4. The maximum Gasteiger partial charge on any atom is 0.312 e. The van der Waals surface area contributed by atoms with Crippen LogP contribution in [0.4, 0.5) is 27.5 Å². The van der Waals surface area contributed by atoms with Crippen LogP contribution in [-0.2, 0) is 4.74 Å². The van der Waals surface area contributed by atoms with Gasteiger partial charge in [-0.25, -0.2) is 14.4 Å². The number of non-ortho nitro benzene ring substituents is 1. The monoisotopic (exact) mass is 577 g/mol. The molecule has 0 atom stereocenters. The van der Waals surface area contributed by atoms with E-state index < -0.39 is 10.7 Å². The highest BCUT2D eigenvalue weighted by Gasteiger charge is 2.24. The minimum atomic E-state index is -0.521. The van der Waals surface area contributed by atoms with Gasteiger partial charge in [0.05, 0.1) is 30.1 Å². The highest BCUT2D eigenvalue weighted by atomic mass is 32.2. The molecule has 5 aromatic rings. The lowest BCUT2D eigenvalue weighted by atomic mass is 10.1. The van der Waals surface area contributed by atoms with Crippen molar-refractivity contribution in [3.05, 3.63) is 70.2 Å². The van der Waals surface area contributed by atoms with Crippen molar-refractivity contribution in [1.29, 1.82) is 0 Å². The van der Waals surface area contributed by atoms with Gasteiger partial charge < -0.3 is 24.1 Å². The molecule has 1 aliphatic heterocycles. The Hall–Kier alpha value is -4.69. The van der Waals surface area contributed by atoms with Crippen LogP contribution < -0.4 is 15.0 Å². The van der Waals surface area contributed by atoms with E-state index in [9.17, 15) is 10.1 Å². The number of para-hydroxylation sites is 1. The van der Waals surface area contributed by atoms with Crippen LogP contribution >= 0.6 is 11.8 Å². The minimum absolute atomic E-state index is 0.140. The first-order valence-corrected chi connectivity index (χ1v) is 13.4. The fraction of sp³-hybridized carbons (Fsp3) is 0.222. The summed E-state index contributed by atoms with van der Waals surface area (Å²) in [4.78, 5) is 22.5. The first-order valence-electron chi connectivity index (χ1n) is 12.6. The number of nitrogens with one attached hydrogen (secondary N) is 2. The number of nitro groups is 1. The molecule has 6 rings (SSSR count). The maximum atomic E-state index is 15.4. The molecule has 0 radical (unpaired) electrons. The molecule has 2 N–H and O–H groups in total. The summed E-state index contributed by atoms with van der Waals surface area (Å²) in [6.45, 7) is 4.18. The Bertz CT molecular complexity index is 1750. The Morgan fingerprint density at radius 2 is 2.00 bits per heavy atom. The Morgan fingerprint density at radius 1 is 1.17 bits per heavy atom. The van der Waals surface area contributed by atoms with E-state index in [1.54, 1.807) is 37.4 Å². The lowest BCUT2D eigenvalue weighted by Crippen LogP contribution is -2.37. The third-order valence-corrected chi connectivity index (χ3v) is 7.35. The summed E-state index contributed by atoms with van der Waals surface area (Å²) in [5.74, 6) is 1.73. The SMILES string of the molecule is COc1c(Nc2cc(C)[nH]n2)nc(Sc2ccc(-c3cc4cccc([N+](=O)[O-])c4o3)cc2F)nc1N1CCOCC1. The Kier molecular flexibility index (Phi) is 7.15. The summed E-state index contributed by atoms with van der Waals surface area (Å²) in [6, 6.07) is 12.7. The first-order chi connectivity index (χ1) is 19.9. The molecular formula is C27H24FN7O5S. The third-order valence-electron chi connectivity index (χ3n) is 6.43. The summed E-state index contributed by atoms with van der Waals surface area (Å²) >= 11 is 1.06. The molecule has 41 heavy (non-hydrogen) atoms. The number of nitrogens with zero attached hydrogens (tertiary/aromatic N) is 5. The van der Waals surface area contributed by atoms with Crippen molar-refractivity contribution in [3.63, 3.8) is 0 Å². The standard InChI is InChI=1S/C27H24FN7O5S/c1-15-12-22(33-32-15)29-25-24(38-2)26(34-8-10-39-11-9-34)31-27(30-25)41-21-7-6-16(13-18(21)28)20-14-17-4-3-5-19(35(36)37)23(17)40-20/h3-7,12-14H,8-11H2,1-2H3,(H2,29,30,31,32,33). The van der Waals surface area contributed by atoms with E-state index in [1.807, 2.05) is 17.9 Å². The van der Waals surface area contributed by atoms with E-state index in [4.69, 9.17) is 18.9 Å². The van der Waals surface area contributed by atoms with E-state index in [0.29, 0.717) is 71.4 Å². The zero-order valence-corrected chi connectivity index (χ0v) is 22.8. The van der Waals surface area contributed by atoms with Crippen LogP contribution in [0.2, 0.25) is 0 Å². The van der Waals surface area contributed by atoms with Crippen molar-refractivity contribution in [1.82, 2.24) is 20.2 Å². The van der Waals surface area contributed by atoms with E-state index in [1.165, 1.54) is 12.1 Å². The fourth-order valence-electron chi connectivity index (χ4n) is 4.50. The zero-order valence-electron chi connectivity index (χ0n) is 22.0. The lowest BCUT2D eigenvalue weighted by Gasteiger charge is -2.29. The molecule has 2 aromatic carbocycles. The molecule has 0 amide bonds. The molecule has 210 valence electrons. The molecule has 1 saturated heterocycles. The fourth-order valence-corrected chi connectivity index (χ4v) is 5.26. The van der Waals surface area contributed by atoms with Gasteiger partial charge in [-0.1, -0.05) is 12.1 Å². The number of hydrogen-bond acceptors (Lipinski definition) is 11. The van der Waals surface area contributed by atoms with E-state index >= 15 is 4.39 Å². The van der Waals surface area contributed by atoms with Crippen LogP contribution in [-0.4, -0.2) is 58.5 Å². The highest BCUT2D eigenvalue weighted by Crippen LogP contribution is 2.40. The first kappa shape index (κ1) is 26.5. The number of benzene rings is 2. The summed E-state index contributed by atoms with van der Waals surface area (Å²) in [5.41, 5.74) is 1.30. The topological polar surface area (TPSA) is 144 Å². The molecule has 0 spiro atoms. The average Bonchev–Trinajstić information content (AvgIpc) is 3.60. The number of furan rings is 1. The summed E-state index contributed by atoms with van der Waals surface area (Å²) in [5, 5.41) is 22.5. The molecule has 14 heteroatoms. The smallest absolute Gasteiger partial charge is 0.312 e. The van der Waals surface area contributed by atoms with Crippen LogP contribution in [0.15, 0.2) is 63.0 Å². The molecular weight excluding hydrogens is 553 g/mol. The molecule has 0 aliphatic carbocycles. The van der Waals surface area contributed by atoms with Gasteiger partial charge >= 0.3 is 5.69 Å². The number of aryl methyl sites for hydroxylation is 1. The molecule has 12 nitrogen and oxygen atoms in total. The van der Waals surface area contributed by atoms with Gasteiger partial charge in [0.2, 0.25) is 11.3 Å². The Labute approximate surface area is 237 Å². The average molecular weight is 578 g/mol. The number of fused-ring (bicyclic) bond motifs is 1. The number of rotatable bonds is 8. The zero-order chi connectivity index (χ0) is 28.5. The number of halogens is 1. The van der Waals surface area contributed by atoms with Crippen molar-refractivity contribution in [2.24, 2.45) is 0 Å². The van der Waals surface area contributed by atoms with Crippen LogP contribution in [0.25, 0.3) is 22.3 Å². The summed E-state index contributed by atoms with van der Waals surface area (Å²) < 4.78 is 32.4. The van der Waals surface area contributed by atoms with Crippen LogP contribution in [0.3, 0.4) is 0 Å². The van der Waals surface area contributed by atoms with Crippen molar-refractivity contribution >= 4 is 45.9 Å². The van der Waals surface area contributed by atoms with Crippen LogP contribution in [0.1, 0.15) is 5.69 Å². The number of ether oxygens (including phenoxy) is 2. The van der Waals surface area contributed by atoms with Gasteiger partial charge in [-0.2, -0.15) is 5.10 Å². The van der Waals surface area contributed by atoms with Gasteiger partial charge in [0.25, 0.3) is 0 Å². The van der Waals surface area contributed by atoms with Crippen LogP contribution in [0.5, 0.6) is 5.75 Å². The second-order valence-electron chi connectivity index (χ2n) is 9.18. The van der Waals surface area contributed by atoms with Gasteiger partial charge in [0.15, 0.2) is 22.6 Å². The molecule has 0 bridgehead atoms. The molecule has 0 unspecified atom stereocenters. The maximum absolute atomic E-state index is 15.4. The van der Waals surface area contributed by atoms with Gasteiger partial charge in [0.1, 0.15) is 11.6 Å².